The van der Waals surface area contributed by atoms with Crippen LogP contribution in [0.5, 0.6) is 0 Å². The highest BCUT2D eigenvalue weighted by Gasteiger charge is 2.71. The van der Waals surface area contributed by atoms with Gasteiger partial charge in [-0.25, -0.2) is 0 Å². The van der Waals surface area contributed by atoms with Crippen molar-refractivity contribution < 1.29 is 84.2 Å². The highest BCUT2D eigenvalue weighted by molar-refractivity contribution is 5.27. The second-order valence-electron chi connectivity index (χ2n) is 21.3. The van der Waals surface area contributed by atoms with E-state index in [0.29, 0.717) is 37.0 Å². The summed E-state index contributed by atoms with van der Waals surface area (Å²) >= 11 is 0. The monoisotopic (exact) mass is 899 g/mol. The Kier molecular flexibility index (Phi) is 13.1. The minimum absolute atomic E-state index is 0.101. The van der Waals surface area contributed by atoms with E-state index in [0.717, 1.165) is 38.6 Å². The maximum atomic E-state index is 12.3. The van der Waals surface area contributed by atoms with Gasteiger partial charge in [-0.05, 0) is 93.3 Å². The lowest BCUT2D eigenvalue weighted by Gasteiger charge is -2.60. The van der Waals surface area contributed by atoms with E-state index in [1.807, 2.05) is 0 Å². The Balaban J connectivity index is 0.951. The van der Waals surface area contributed by atoms with Gasteiger partial charge >= 0.3 is 0 Å². The quantitative estimate of drug-likeness (QED) is 0.127. The van der Waals surface area contributed by atoms with Crippen molar-refractivity contribution in [1.29, 1.82) is 0 Å². The minimum atomic E-state index is -1.86. The van der Waals surface area contributed by atoms with E-state index < -0.39 is 118 Å². The van der Waals surface area contributed by atoms with E-state index in [-0.39, 0.29) is 40.4 Å². The van der Waals surface area contributed by atoms with Gasteiger partial charge < -0.3 is 84.2 Å². The second kappa shape index (κ2) is 17.5. The van der Waals surface area contributed by atoms with E-state index in [1.165, 1.54) is 12.5 Å². The summed E-state index contributed by atoms with van der Waals surface area (Å²) in [6, 6.07) is 0. The average Bonchev–Trinajstić information content (AvgIpc) is 3.71. The largest absolute Gasteiger partial charge is 0.394 e. The number of hydrogen-bond acceptors (Lipinski definition) is 18. The van der Waals surface area contributed by atoms with E-state index >= 15 is 0 Å². The fraction of sp³-hybridized carbons (Fsp3) is 0.956. The predicted molar refractivity (Wildman–Crippen MR) is 218 cm³/mol. The van der Waals surface area contributed by atoms with Crippen LogP contribution in [0, 0.1) is 46.3 Å². The molecule has 0 aromatic carbocycles. The molecule has 360 valence electrons. The Labute approximate surface area is 368 Å². The van der Waals surface area contributed by atoms with Crippen LogP contribution in [0.3, 0.4) is 0 Å². The molecule has 0 aromatic rings. The summed E-state index contributed by atoms with van der Waals surface area (Å²) in [6.45, 7) is 10.2. The summed E-state index contributed by atoms with van der Waals surface area (Å²) in [4.78, 5) is 0. The number of nitrogens with one attached hydrogen (secondary N) is 1. The number of aliphatic hydroxyl groups is 10. The van der Waals surface area contributed by atoms with Gasteiger partial charge in [-0.15, -0.1) is 0 Å². The van der Waals surface area contributed by atoms with E-state index in [4.69, 9.17) is 33.2 Å². The molecule has 5 heterocycles. The molecule has 0 aromatic heterocycles. The van der Waals surface area contributed by atoms with Gasteiger partial charge in [0.1, 0.15) is 72.9 Å². The third-order valence-corrected chi connectivity index (χ3v) is 18.0. The number of allylic oxidation sites excluding steroid dienone is 1. The molecule has 5 saturated heterocycles. The normalized spacial score (nSPS) is 58.1. The van der Waals surface area contributed by atoms with Crippen LogP contribution in [0.1, 0.15) is 86.0 Å². The minimum Gasteiger partial charge on any atom is -0.394 e. The fourth-order valence-corrected chi connectivity index (χ4v) is 14.1. The van der Waals surface area contributed by atoms with Crippen LogP contribution < -0.4 is 5.32 Å². The molecular weight excluding hydrogens is 826 g/mol. The van der Waals surface area contributed by atoms with Gasteiger partial charge in [0.05, 0.1) is 37.6 Å². The molecule has 0 bridgehead atoms. The first-order valence-electron chi connectivity index (χ1n) is 23.6. The molecule has 9 aliphatic rings. The van der Waals surface area contributed by atoms with Gasteiger partial charge in [-0.3, -0.25) is 5.32 Å². The van der Waals surface area contributed by atoms with E-state index in [9.17, 15) is 51.1 Å². The maximum Gasteiger partial charge on any atom is 0.187 e. The van der Waals surface area contributed by atoms with Crippen molar-refractivity contribution in [2.75, 3.05) is 19.8 Å². The van der Waals surface area contributed by atoms with Crippen LogP contribution >= 0.6 is 0 Å². The molecule has 11 N–H and O–H groups in total. The van der Waals surface area contributed by atoms with Crippen LogP contribution in [0.25, 0.3) is 0 Å². The van der Waals surface area contributed by atoms with Crippen LogP contribution in [0.15, 0.2) is 11.6 Å². The molecule has 4 aliphatic carbocycles. The molecule has 18 nitrogen and oxygen atoms in total. The van der Waals surface area contributed by atoms with Crippen LogP contribution in [-0.4, -0.2) is 187 Å². The molecule has 0 radical (unpaired) electrons. The zero-order valence-electron chi connectivity index (χ0n) is 37.0. The Morgan fingerprint density at radius 1 is 0.698 bits per heavy atom. The van der Waals surface area contributed by atoms with Crippen molar-refractivity contribution in [2.45, 2.75) is 202 Å². The molecule has 1 spiro atoms. The highest BCUT2D eigenvalue weighted by Crippen LogP contribution is 2.70. The summed E-state index contributed by atoms with van der Waals surface area (Å²) in [5, 5.41) is 112. The smallest absolute Gasteiger partial charge is 0.187 e. The molecule has 0 unspecified atom stereocenters. The van der Waals surface area contributed by atoms with Crippen molar-refractivity contribution in [3.63, 3.8) is 0 Å². The van der Waals surface area contributed by atoms with Crippen LogP contribution in [0.4, 0.5) is 0 Å². The first-order chi connectivity index (χ1) is 29.9. The average molecular weight is 900 g/mol. The molecule has 3 saturated carbocycles. The summed E-state index contributed by atoms with van der Waals surface area (Å²) in [7, 11) is 0. The molecule has 63 heavy (non-hydrogen) atoms. The van der Waals surface area contributed by atoms with Crippen molar-refractivity contribution in [3.05, 3.63) is 11.6 Å². The third-order valence-electron chi connectivity index (χ3n) is 18.0. The topological polar surface area (TPSA) is 279 Å². The summed E-state index contributed by atoms with van der Waals surface area (Å²) in [5.41, 5.74) is 0.413. The number of fused-ring (bicyclic) bond motifs is 7. The lowest BCUT2D eigenvalue weighted by molar-refractivity contribution is -0.394. The molecule has 9 rings (SSSR count). The van der Waals surface area contributed by atoms with Gasteiger partial charge in [0, 0.05) is 17.9 Å². The Bertz CT molecular complexity index is 1650. The molecule has 27 atom stereocenters. The van der Waals surface area contributed by atoms with Crippen LogP contribution in [0.2, 0.25) is 0 Å². The van der Waals surface area contributed by atoms with Crippen molar-refractivity contribution in [3.8, 4) is 0 Å². The lowest BCUT2D eigenvalue weighted by Crippen LogP contribution is -2.67. The number of rotatable bonds is 8. The Morgan fingerprint density at radius 3 is 2.03 bits per heavy atom. The predicted octanol–water partition coefficient (Wildman–Crippen LogP) is -1.24. The number of piperidine rings is 1. The van der Waals surface area contributed by atoms with Gasteiger partial charge in [0.25, 0.3) is 0 Å². The van der Waals surface area contributed by atoms with Gasteiger partial charge in [-0.1, -0.05) is 39.3 Å². The summed E-state index contributed by atoms with van der Waals surface area (Å²) in [5.74, 6) is 2.09. The first kappa shape index (κ1) is 47.1. The first-order valence-corrected chi connectivity index (χ1v) is 23.6. The molecular formula is C45H73NO17. The van der Waals surface area contributed by atoms with Gasteiger partial charge in [0.15, 0.2) is 18.9 Å². The molecule has 8 fully saturated rings. The number of ether oxygens (including phenoxy) is 7. The van der Waals surface area contributed by atoms with Crippen molar-refractivity contribution in [2.24, 2.45) is 46.3 Å². The molecule has 5 aliphatic heterocycles. The Hall–Kier alpha value is -0.980. The summed E-state index contributed by atoms with van der Waals surface area (Å²) in [6.07, 6.45) is -15.5. The molecule has 18 heteroatoms. The van der Waals surface area contributed by atoms with Crippen molar-refractivity contribution >= 4 is 0 Å². The third kappa shape index (κ3) is 7.62. The second-order valence-corrected chi connectivity index (χ2v) is 21.3. The van der Waals surface area contributed by atoms with Gasteiger partial charge in [0.2, 0.25) is 0 Å². The van der Waals surface area contributed by atoms with E-state index in [1.54, 1.807) is 0 Å². The fourth-order valence-electron chi connectivity index (χ4n) is 14.1. The van der Waals surface area contributed by atoms with E-state index in [2.05, 4.69) is 39.1 Å². The zero-order valence-corrected chi connectivity index (χ0v) is 37.0. The van der Waals surface area contributed by atoms with Crippen molar-refractivity contribution in [1.82, 2.24) is 5.32 Å². The summed E-state index contributed by atoms with van der Waals surface area (Å²) < 4.78 is 43.7. The lowest BCUT2D eigenvalue weighted by atomic mass is 9.46. The standard InChI is InChI=1S/C45H73NO17/c1-18-8-11-45(46-15-18)19(2)30-26(63-45)13-25-23-7-6-21-12-22(9-10-43(21,4)24(23)14-29(49)44(25,30)5)58-42-39(62-40-36(55)34(53)31(50)20(3)57-40)38(33(52)28(17-48)60-42)61-41-37(56)35(54)32(51)27(16-47)59-41/h6,18-20,22-42,46-56H,7-17H2,1-5H3/t18-,19+,20+,22+,23-,24+,25+,26+,27-,28-,29-,30+,31+,32+,33+,34-,35+,36-,37-,38+,39-,40+,41+,42-,43+,44-,45-/m1/s1. The molecule has 0 amide bonds. The number of aliphatic hydroxyl groups excluding tert-OH is 10. The highest BCUT2D eigenvalue weighted by atomic mass is 16.8. The SMILES string of the molecule is C[C@@H]1CC[C@@]2(NC1)O[C@H]1C[C@H]3[C@@H]4CC=C5C[C@@H](O[C@@H]6O[C@H](CO)[C@H](O)[C@H](O[C@@H]7O[C@H](CO)[C@H](O)[C@H](O)[C@H]7O)[C@H]6O[C@@H]6O[C@@H](C)[C@H](O)[C@@H](O)[C@H]6O)CC[C@]5(C)[C@H]4C[C@@H](O)[C@]3(C)[C@H]1[C@@H]2C. The van der Waals surface area contributed by atoms with Gasteiger partial charge in [-0.2, -0.15) is 0 Å². The Morgan fingerprint density at radius 2 is 1.35 bits per heavy atom. The number of hydrogen-bond donors (Lipinski definition) is 11. The van der Waals surface area contributed by atoms with Crippen LogP contribution in [-0.2, 0) is 33.2 Å². The zero-order chi connectivity index (χ0) is 45.1. The maximum absolute atomic E-state index is 12.3.